The van der Waals surface area contributed by atoms with Crippen molar-refractivity contribution in [2.45, 2.75) is 45.4 Å². The molecule has 2 radical (unpaired) electrons. The lowest BCUT2D eigenvalue weighted by atomic mass is 10.2. The van der Waals surface area contributed by atoms with Gasteiger partial charge in [0.1, 0.15) is 0 Å². The average Bonchev–Trinajstić information content (AvgIpc) is 2.15. The van der Waals surface area contributed by atoms with Crippen molar-refractivity contribution in [3.8, 4) is 0 Å². The summed E-state index contributed by atoms with van der Waals surface area (Å²) >= 11 is 0. The van der Waals surface area contributed by atoms with E-state index in [4.69, 9.17) is 9.29 Å². The highest BCUT2D eigenvalue weighted by Gasteiger charge is 2.03. The molecule has 0 aliphatic heterocycles. The summed E-state index contributed by atoms with van der Waals surface area (Å²) < 4.78 is 34.1. The normalized spacial score (nSPS) is 10.7. The lowest BCUT2D eigenvalue weighted by Crippen LogP contribution is -2.06. The Morgan fingerprint density at radius 3 is 2.29 bits per heavy atom. The molecule has 5 nitrogen and oxygen atoms in total. The Morgan fingerprint density at radius 2 is 1.76 bits per heavy atom. The van der Waals surface area contributed by atoms with Crippen LogP contribution in [0, 0.1) is 0 Å². The lowest BCUT2D eigenvalue weighted by molar-refractivity contribution is -0.143. The Kier molecular flexibility index (Phi) is 12.9. The molecule has 0 aliphatic rings. The second-order valence-corrected chi connectivity index (χ2v) is 5.24. The van der Waals surface area contributed by atoms with Crippen molar-refractivity contribution in [2.75, 3.05) is 12.4 Å². The molecule has 0 atom stereocenters. The molecule has 0 amide bonds. The third kappa shape index (κ3) is 16.1. The van der Waals surface area contributed by atoms with E-state index < -0.39 is 10.1 Å². The Morgan fingerprint density at radius 1 is 1.18 bits per heavy atom. The summed E-state index contributed by atoms with van der Waals surface area (Å²) in [4.78, 5) is 10.9. The molecule has 0 saturated heterocycles. The number of unbranched alkanes of at least 4 members (excludes halogenated alkanes) is 3. The molecule has 1 N–H and O–H groups in total. The van der Waals surface area contributed by atoms with Crippen molar-refractivity contribution >= 4 is 39.1 Å². The number of ether oxygens (including phenoxy) is 1. The first-order valence-corrected chi connectivity index (χ1v) is 7.17. The van der Waals surface area contributed by atoms with Crippen LogP contribution in [0.25, 0.3) is 0 Å². The minimum Gasteiger partial charge on any atom is -0.466 e. The second-order valence-electron chi connectivity index (χ2n) is 3.67. The molecule has 0 fully saturated rings. The van der Waals surface area contributed by atoms with E-state index in [0.717, 1.165) is 19.3 Å². The summed E-state index contributed by atoms with van der Waals surface area (Å²) in [6, 6.07) is 0. The maximum atomic E-state index is 10.9. The summed E-state index contributed by atoms with van der Waals surface area (Å²) in [5.41, 5.74) is 0. The third-order valence-corrected chi connectivity index (χ3v) is 2.82. The van der Waals surface area contributed by atoms with Gasteiger partial charge in [-0.05, 0) is 19.3 Å². The maximum absolute atomic E-state index is 10.9. The van der Waals surface area contributed by atoms with Crippen molar-refractivity contribution in [1.29, 1.82) is 0 Å². The van der Waals surface area contributed by atoms with Crippen LogP contribution >= 0.6 is 0 Å². The van der Waals surface area contributed by atoms with Gasteiger partial charge in [-0.2, -0.15) is 8.42 Å². The molecule has 0 saturated carbocycles. The molecule has 0 unspecified atom stereocenters. The van der Waals surface area contributed by atoms with Crippen LogP contribution in [0.5, 0.6) is 0 Å². The molecule has 0 aromatic rings. The molecule has 0 bridgehead atoms. The Labute approximate surface area is 119 Å². The van der Waals surface area contributed by atoms with Crippen molar-refractivity contribution in [3.05, 3.63) is 0 Å². The smallest absolute Gasteiger partial charge is 0.305 e. The first-order chi connectivity index (χ1) is 7.45. The van der Waals surface area contributed by atoms with Crippen LogP contribution in [0.15, 0.2) is 0 Å². The van der Waals surface area contributed by atoms with E-state index in [1.165, 1.54) is 0 Å². The fourth-order valence-corrected chi connectivity index (χ4v) is 1.77. The van der Waals surface area contributed by atoms with E-state index in [0.29, 0.717) is 25.9 Å². The molecule has 0 spiro atoms. The second kappa shape index (κ2) is 11.2. The summed E-state index contributed by atoms with van der Waals surface area (Å²) in [6.45, 7) is 2.31. The number of hydrogen-bond donors (Lipinski definition) is 1. The standard InChI is InChI=1S/C10H20O5S.Mg/c1-2-7-10(11)15-8-5-3-4-6-9-16(12,13)14;/h2-9H2,1H3,(H,12,13,14);. The van der Waals surface area contributed by atoms with Gasteiger partial charge >= 0.3 is 5.97 Å². The molecular formula is C10H20MgO5S. The zero-order valence-corrected chi connectivity index (χ0v) is 12.6. The number of esters is 1. The van der Waals surface area contributed by atoms with Crippen molar-refractivity contribution in [3.63, 3.8) is 0 Å². The van der Waals surface area contributed by atoms with Crippen LogP contribution in [-0.2, 0) is 19.6 Å². The van der Waals surface area contributed by atoms with Gasteiger partial charge in [-0.15, -0.1) is 0 Å². The monoisotopic (exact) mass is 276 g/mol. The molecule has 0 rings (SSSR count). The SMILES string of the molecule is CCCC(=O)OCCCCCCS(=O)(=O)O.[Mg]. The summed E-state index contributed by atoms with van der Waals surface area (Å²) in [6.07, 6.45) is 3.93. The van der Waals surface area contributed by atoms with Crippen LogP contribution in [0.1, 0.15) is 45.4 Å². The largest absolute Gasteiger partial charge is 0.466 e. The van der Waals surface area contributed by atoms with E-state index in [9.17, 15) is 13.2 Å². The summed E-state index contributed by atoms with van der Waals surface area (Å²) in [5, 5.41) is 0. The zero-order valence-electron chi connectivity index (χ0n) is 10.4. The van der Waals surface area contributed by atoms with E-state index in [2.05, 4.69) is 0 Å². The number of rotatable bonds is 9. The molecule has 0 aromatic carbocycles. The molecule has 0 aromatic heterocycles. The number of hydrogen-bond acceptors (Lipinski definition) is 4. The minimum absolute atomic E-state index is 0. The molecular weight excluding hydrogens is 256 g/mol. The maximum Gasteiger partial charge on any atom is 0.305 e. The molecule has 0 aliphatic carbocycles. The third-order valence-electron chi connectivity index (χ3n) is 2.01. The molecule has 17 heavy (non-hydrogen) atoms. The fraction of sp³-hybridized carbons (Fsp3) is 0.900. The van der Waals surface area contributed by atoms with Gasteiger partial charge in [-0.3, -0.25) is 9.35 Å². The van der Waals surface area contributed by atoms with Crippen LogP contribution < -0.4 is 0 Å². The number of carbonyl (C=O) groups excluding carboxylic acids is 1. The Hall–Kier alpha value is 0.146. The van der Waals surface area contributed by atoms with E-state index >= 15 is 0 Å². The summed E-state index contributed by atoms with van der Waals surface area (Å²) in [7, 11) is -3.82. The van der Waals surface area contributed by atoms with Gasteiger partial charge in [0.2, 0.25) is 0 Å². The quantitative estimate of drug-likeness (QED) is 0.298. The van der Waals surface area contributed by atoms with Crippen LogP contribution in [0.3, 0.4) is 0 Å². The van der Waals surface area contributed by atoms with Crippen molar-refractivity contribution < 1.29 is 22.5 Å². The summed E-state index contributed by atoms with van der Waals surface area (Å²) in [5.74, 6) is -0.372. The topological polar surface area (TPSA) is 80.7 Å². The van der Waals surface area contributed by atoms with Crippen LogP contribution in [0.4, 0.5) is 0 Å². The zero-order chi connectivity index (χ0) is 12.4. The molecule has 0 heterocycles. The first kappa shape index (κ1) is 19.5. The molecule has 7 heteroatoms. The highest BCUT2D eigenvalue weighted by atomic mass is 32.2. The highest BCUT2D eigenvalue weighted by Crippen LogP contribution is 2.02. The Balaban J connectivity index is 0. The van der Waals surface area contributed by atoms with Gasteiger partial charge in [0.15, 0.2) is 0 Å². The predicted octanol–water partition coefficient (Wildman–Crippen LogP) is 1.40. The highest BCUT2D eigenvalue weighted by molar-refractivity contribution is 7.85. The van der Waals surface area contributed by atoms with Gasteiger partial charge in [0.05, 0.1) is 12.4 Å². The van der Waals surface area contributed by atoms with Crippen LogP contribution in [0.2, 0.25) is 0 Å². The van der Waals surface area contributed by atoms with Gasteiger partial charge < -0.3 is 4.74 Å². The van der Waals surface area contributed by atoms with Gasteiger partial charge in [-0.1, -0.05) is 19.8 Å². The van der Waals surface area contributed by atoms with Crippen LogP contribution in [-0.4, -0.2) is 54.4 Å². The molecule has 98 valence electrons. The first-order valence-electron chi connectivity index (χ1n) is 5.56. The number of carbonyl (C=O) groups is 1. The van der Waals surface area contributed by atoms with E-state index in [1.54, 1.807) is 0 Å². The predicted molar refractivity (Wildman–Crippen MR) is 66.5 cm³/mol. The fourth-order valence-electron chi connectivity index (χ4n) is 1.20. The van der Waals surface area contributed by atoms with Crippen molar-refractivity contribution in [1.82, 2.24) is 0 Å². The minimum atomic E-state index is -3.82. The van der Waals surface area contributed by atoms with Gasteiger partial charge in [0.25, 0.3) is 10.1 Å². The Bertz CT molecular complexity index is 289. The van der Waals surface area contributed by atoms with E-state index in [-0.39, 0.29) is 34.8 Å². The van der Waals surface area contributed by atoms with E-state index in [1.807, 2.05) is 6.92 Å². The van der Waals surface area contributed by atoms with Gasteiger partial charge in [-0.25, -0.2) is 0 Å². The average molecular weight is 277 g/mol. The van der Waals surface area contributed by atoms with Gasteiger partial charge in [0, 0.05) is 29.5 Å². The lowest BCUT2D eigenvalue weighted by Gasteiger charge is -2.03. The van der Waals surface area contributed by atoms with Crippen molar-refractivity contribution in [2.24, 2.45) is 0 Å².